The number of nitrogens with zero attached hydrogens (tertiary/aromatic N) is 3. The molecule has 0 aromatic heterocycles. The number of Topliss-reactive ketones (excluding diaryl/α,β-unsaturated/α-hetero) is 1. The second-order valence-corrected chi connectivity index (χ2v) is 7.16. The molecular weight excluding hydrogens is 430 g/mol. The van der Waals surface area contributed by atoms with E-state index in [1.165, 1.54) is 42.5 Å². The lowest BCUT2D eigenvalue weighted by Crippen LogP contribution is -2.29. The number of ketones is 1. The van der Waals surface area contributed by atoms with Crippen LogP contribution in [0.4, 0.5) is 17.1 Å². The second-order valence-electron chi connectivity index (χ2n) is 7.16. The first-order chi connectivity index (χ1) is 15.8. The third-order valence-corrected chi connectivity index (χ3v) is 5.23. The van der Waals surface area contributed by atoms with Gasteiger partial charge in [0.2, 0.25) is 0 Å². The smallest absolute Gasteiger partial charge is 0.300 e. The standard InChI is InChI=1S/C23H15N3O7/c27-21(15-5-2-1-3-6-15)19-20(14-9-11-16(12-10-14)25(30)31)24(23(29)22(19)28)17-7-4-8-18(13-17)26(32)33/h1-13,20,27H/b21-19+/t20-/m0/s1. The lowest BCUT2D eigenvalue weighted by molar-refractivity contribution is -0.385. The predicted octanol–water partition coefficient (Wildman–Crippen LogP) is 4.13. The van der Waals surface area contributed by atoms with Crippen LogP contribution in [0, 0.1) is 20.2 Å². The van der Waals surface area contributed by atoms with Crippen LogP contribution in [-0.4, -0.2) is 26.6 Å². The summed E-state index contributed by atoms with van der Waals surface area (Å²) < 4.78 is 0. The molecule has 0 saturated carbocycles. The van der Waals surface area contributed by atoms with Gasteiger partial charge in [0.25, 0.3) is 23.1 Å². The molecule has 33 heavy (non-hydrogen) atoms. The summed E-state index contributed by atoms with van der Waals surface area (Å²) in [6.45, 7) is 0. The van der Waals surface area contributed by atoms with Crippen LogP contribution in [0.1, 0.15) is 17.2 Å². The topological polar surface area (TPSA) is 144 Å². The van der Waals surface area contributed by atoms with Gasteiger partial charge in [-0.05, 0) is 23.8 Å². The van der Waals surface area contributed by atoms with E-state index in [-0.39, 0.29) is 22.6 Å². The molecule has 1 heterocycles. The predicted molar refractivity (Wildman–Crippen MR) is 117 cm³/mol. The zero-order valence-electron chi connectivity index (χ0n) is 16.8. The fourth-order valence-corrected chi connectivity index (χ4v) is 3.70. The van der Waals surface area contributed by atoms with E-state index in [2.05, 4.69) is 0 Å². The monoisotopic (exact) mass is 445 g/mol. The number of amides is 1. The molecule has 0 aliphatic carbocycles. The zero-order valence-corrected chi connectivity index (χ0v) is 16.8. The second kappa shape index (κ2) is 8.35. The number of rotatable bonds is 5. The Balaban J connectivity index is 1.94. The van der Waals surface area contributed by atoms with Crippen LogP contribution in [0.3, 0.4) is 0 Å². The molecule has 10 nitrogen and oxygen atoms in total. The van der Waals surface area contributed by atoms with Crippen molar-refractivity contribution in [3.05, 3.63) is 116 Å². The molecule has 1 atom stereocenters. The fourth-order valence-electron chi connectivity index (χ4n) is 3.70. The van der Waals surface area contributed by atoms with Crippen molar-refractivity contribution in [2.75, 3.05) is 4.90 Å². The average Bonchev–Trinajstić information content (AvgIpc) is 3.09. The van der Waals surface area contributed by atoms with E-state index >= 15 is 0 Å². The Labute approximate surface area is 186 Å². The number of aliphatic hydroxyl groups is 1. The molecule has 10 heteroatoms. The highest BCUT2D eigenvalue weighted by molar-refractivity contribution is 6.51. The van der Waals surface area contributed by atoms with Crippen molar-refractivity contribution in [2.24, 2.45) is 0 Å². The van der Waals surface area contributed by atoms with Gasteiger partial charge in [-0.3, -0.25) is 34.7 Å². The molecule has 1 saturated heterocycles. The molecule has 3 aromatic rings. The van der Waals surface area contributed by atoms with Crippen molar-refractivity contribution >= 4 is 34.5 Å². The summed E-state index contributed by atoms with van der Waals surface area (Å²) in [5.41, 5.74) is -0.0485. The number of nitro benzene ring substituents is 2. The maximum Gasteiger partial charge on any atom is 0.300 e. The first-order valence-corrected chi connectivity index (χ1v) is 9.65. The van der Waals surface area contributed by atoms with Crippen LogP contribution in [0.25, 0.3) is 5.76 Å². The van der Waals surface area contributed by atoms with Gasteiger partial charge in [-0.1, -0.05) is 36.4 Å². The molecule has 1 aliphatic rings. The number of carbonyl (C=O) groups is 2. The van der Waals surface area contributed by atoms with Gasteiger partial charge < -0.3 is 5.11 Å². The highest BCUT2D eigenvalue weighted by Crippen LogP contribution is 2.43. The number of aliphatic hydroxyl groups excluding tert-OH is 1. The van der Waals surface area contributed by atoms with E-state index in [4.69, 9.17) is 0 Å². The van der Waals surface area contributed by atoms with E-state index in [0.29, 0.717) is 11.1 Å². The third kappa shape index (κ3) is 3.81. The number of hydrogen-bond acceptors (Lipinski definition) is 7. The molecular formula is C23H15N3O7. The summed E-state index contributed by atoms with van der Waals surface area (Å²) in [6, 6.07) is 17.3. The summed E-state index contributed by atoms with van der Waals surface area (Å²) >= 11 is 0. The summed E-state index contributed by atoms with van der Waals surface area (Å²) in [4.78, 5) is 48.2. The summed E-state index contributed by atoms with van der Waals surface area (Å²) in [7, 11) is 0. The van der Waals surface area contributed by atoms with Gasteiger partial charge in [0.05, 0.1) is 27.1 Å². The van der Waals surface area contributed by atoms with Gasteiger partial charge in [0.1, 0.15) is 5.76 Å². The minimum atomic E-state index is -1.16. The van der Waals surface area contributed by atoms with Crippen molar-refractivity contribution in [2.45, 2.75) is 6.04 Å². The van der Waals surface area contributed by atoms with Crippen LogP contribution in [0.2, 0.25) is 0 Å². The number of hydrogen-bond donors (Lipinski definition) is 1. The lowest BCUT2D eigenvalue weighted by atomic mass is 9.95. The Morgan fingerprint density at radius 3 is 2.06 bits per heavy atom. The van der Waals surface area contributed by atoms with Crippen molar-refractivity contribution in [1.82, 2.24) is 0 Å². The van der Waals surface area contributed by atoms with Crippen LogP contribution in [-0.2, 0) is 9.59 Å². The molecule has 1 amide bonds. The Morgan fingerprint density at radius 1 is 0.818 bits per heavy atom. The van der Waals surface area contributed by atoms with Gasteiger partial charge >= 0.3 is 0 Å². The summed E-state index contributed by atoms with van der Waals surface area (Å²) in [6.07, 6.45) is 0. The molecule has 0 unspecified atom stereocenters. The maximum atomic E-state index is 13.0. The average molecular weight is 445 g/mol. The maximum absolute atomic E-state index is 13.0. The number of non-ortho nitro benzene ring substituents is 2. The molecule has 4 rings (SSSR count). The normalized spacial score (nSPS) is 17.2. The number of nitro groups is 2. The van der Waals surface area contributed by atoms with Gasteiger partial charge in [0.15, 0.2) is 0 Å². The SMILES string of the molecule is O=C1C(=O)N(c2cccc([N+](=O)[O-])c2)[C@@H](c2ccc([N+](=O)[O-])cc2)/C1=C(\O)c1ccccc1. The van der Waals surface area contributed by atoms with Crippen molar-refractivity contribution < 1.29 is 24.5 Å². The third-order valence-electron chi connectivity index (χ3n) is 5.23. The zero-order chi connectivity index (χ0) is 23.7. The minimum absolute atomic E-state index is 0.0711. The molecule has 0 bridgehead atoms. The molecule has 1 N–H and O–H groups in total. The van der Waals surface area contributed by atoms with E-state index in [1.54, 1.807) is 30.3 Å². The van der Waals surface area contributed by atoms with Gasteiger partial charge in [-0.2, -0.15) is 0 Å². The van der Waals surface area contributed by atoms with Gasteiger partial charge in [0, 0.05) is 29.8 Å². The van der Waals surface area contributed by atoms with E-state index in [0.717, 1.165) is 11.0 Å². The molecule has 1 fully saturated rings. The Hall–Kier alpha value is -4.86. The number of anilines is 1. The molecule has 0 spiro atoms. The molecule has 0 radical (unpaired) electrons. The van der Waals surface area contributed by atoms with Crippen LogP contribution in [0.15, 0.2) is 84.4 Å². The largest absolute Gasteiger partial charge is 0.507 e. The van der Waals surface area contributed by atoms with E-state index in [1.807, 2.05) is 0 Å². The van der Waals surface area contributed by atoms with Crippen molar-refractivity contribution in [1.29, 1.82) is 0 Å². The molecule has 3 aromatic carbocycles. The van der Waals surface area contributed by atoms with E-state index < -0.39 is 33.3 Å². The Kier molecular flexibility index (Phi) is 5.41. The van der Waals surface area contributed by atoms with Crippen LogP contribution in [0.5, 0.6) is 0 Å². The highest BCUT2D eigenvalue weighted by atomic mass is 16.6. The summed E-state index contributed by atoms with van der Waals surface area (Å²) in [5.74, 6) is -2.40. The van der Waals surface area contributed by atoms with Crippen molar-refractivity contribution in [3.63, 3.8) is 0 Å². The summed E-state index contributed by atoms with van der Waals surface area (Å²) in [5, 5.41) is 33.3. The highest BCUT2D eigenvalue weighted by Gasteiger charge is 2.47. The molecule has 1 aliphatic heterocycles. The Bertz CT molecular complexity index is 1320. The quantitative estimate of drug-likeness (QED) is 0.204. The number of carbonyl (C=O) groups excluding carboxylic acids is 2. The van der Waals surface area contributed by atoms with Crippen LogP contribution >= 0.6 is 0 Å². The van der Waals surface area contributed by atoms with Crippen molar-refractivity contribution in [3.8, 4) is 0 Å². The fraction of sp³-hybridized carbons (Fsp3) is 0.0435. The van der Waals surface area contributed by atoms with E-state index in [9.17, 15) is 34.9 Å². The first-order valence-electron chi connectivity index (χ1n) is 9.65. The van der Waals surface area contributed by atoms with Crippen LogP contribution < -0.4 is 4.90 Å². The number of benzene rings is 3. The first kappa shape index (κ1) is 21.4. The van der Waals surface area contributed by atoms with Gasteiger partial charge in [-0.25, -0.2) is 0 Å². The van der Waals surface area contributed by atoms with Gasteiger partial charge in [-0.15, -0.1) is 0 Å². The lowest BCUT2D eigenvalue weighted by Gasteiger charge is -2.25. The minimum Gasteiger partial charge on any atom is -0.507 e. The molecule has 164 valence electrons. The Morgan fingerprint density at radius 2 is 1.45 bits per heavy atom.